The second-order valence-corrected chi connectivity index (χ2v) is 11.3. The zero-order chi connectivity index (χ0) is 22.7. The van der Waals surface area contributed by atoms with Gasteiger partial charge in [0.15, 0.2) is 0 Å². The van der Waals surface area contributed by atoms with E-state index in [-0.39, 0.29) is 17.0 Å². The maximum atomic E-state index is 13.5. The number of amidine groups is 1. The highest BCUT2D eigenvalue weighted by molar-refractivity contribution is 8.00. The van der Waals surface area contributed by atoms with Crippen molar-refractivity contribution >= 4 is 40.5 Å². The molecule has 0 aliphatic carbocycles. The van der Waals surface area contributed by atoms with E-state index in [1.165, 1.54) is 37.0 Å². The molecule has 0 bridgehead atoms. The number of rotatable bonds is 8. The number of hydrogen-bond donors (Lipinski definition) is 2. The molecule has 4 rings (SSSR count). The van der Waals surface area contributed by atoms with E-state index in [9.17, 15) is 4.79 Å². The summed E-state index contributed by atoms with van der Waals surface area (Å²) in [6.07, 6.45) is 7.31. The summed E-state index contributed by atoms with van der Waals surface area (Å²) in [7, 11) is 0. The number of nitrogen functional groups attached to an aromatic ring is 1. The second kappa shape index (κ2) is 10.4. The minimum absolute atomic E-state index is 0.0594. The molecular weight excluding hydrogens is 436 g/mol. The third kappa shape index (κ3) is 5.05. The summed E-state index contributed by atoms with van der Waals surface area (Å²) in [5, 5.41) is 7.42. The van der Waals surface area contributed by atoms with E-state index in [0.717, 1.165) is 46.3 Å². The van der Waals surface area contributed by atoms with Gasteiger partial charge in [0.2, 0.25) is 5.91 Å². The number of nitrogens with zero attached hydrogens (tertiary/aromatic N) is 2. The molecular formula is C25H34N4OS2. The van der Waals surface area contributed by atoms with E-state index in [2.05, 4.69) is 30.9 Å². The van der Waals surface area contributed by atoms with Crippen molar-refractivity contribution in [3.63, 3.8) is 0 Å². The third-order valence-electron chi connectivity index (χ3n) is 6.72. The molecule has 1 unspecified atom stereocenters. The van der Waals surface area contributed by atoms with Crippen LogP contribution in [0.3, 0.4) is 0 Å². The Morgan fingerprint density at radius 1 is 1.06 bits per heavy atom. The van der Waals surface area contributed by atoms with Gasteiger partial charge in [-0.3, -0.25) is 15.1 Å². The summed E-state index contributed by atoms with van der Waals surface area (Å²) in [6.45, 7) is 6.63. The van der Waals surface area contributed by atoms with E-state index in [4.69, 9.17) is 11.1 Å². The number of unbranched alkanes of at least 4 members (excludes halogenated alkanes) is 2. The molecule has 7 heteroatoms. The predicted molar refractivity (Wildman–Crippen MR) is 136 cm³/mol. The molecule has 3 N–H and O–H groups in total. The molecule has 1 aromatic carbocycles. The Bertz CT molecular complexity index is 949. The number of piperidine rings is 1. The normalized spacial score (nSPS) is 23.9. The van der Waals surface area contributed by atoms with Crippen LogP contribution < -0.4 is 10.6 Å². The van der Waals surface area contributed by atoms with Crippen molar-refractivity contribution in [3.05, 3.63) is 46.2 Å². The molecule has 0 radical (unpaired) electrons. The molecule has 1 aromatic heterocycles. The Balaban J connectivity index is 1.39. The Hall–Kier alpha value is -1.83. The highest BCUT2D eigenvalue weighted by Crippen LogP contribution is 2.48. The summed E-state index contributed by atoms with van der Waals surface area (Å²) in [5.74, 6) is 0.202. The summed E-state index contributed by atoms with van der Waals surface area (Å²) in [5.41, 5.74) is 6.68. The highest BCUT2D eigenvalue weighted by atomic mass is 32.2. The van der Waals surface area contributed by atoms with E-state index >= 15 is 0 Å². The SMILES string of the molecule is C[C@@H]1CCC[C@H](C)N1CCCCCN1C(=O)C(c2ccc(C(=N)N)s2)Sc2ccccc21. The Kier molecular flexibility index (Phi) is 7.59. The number of hydrogen-bond acceptors (Lipinski definition) is 5. The fourth-order valence-corrected chi connectivity index (χ4v) is 7.19. The number of fused-ring (bicyclic) bond motifs is 1. The first-order valence-corrected chi connectivity index (χ1v) is 13.4. The minimum Gasteiger partial charge on any atom is -0.383 e. The van der Waals surface area contributed by atoms with Gasteiger partial charge in [-0.15, -0.1) is 23.1 Å². The average molecular weight is 471 g/mol. The summed E-state index contributed by atoms with van der Waals surface area (Å²) in [4.78, 5) is 21.0. The number of para-hydroxylation sites is 1. The van der Waals surface area contributed by atoms with E-state index in [0.29, 0.717) is 12.1 Å². The predicted octanol–water partition coefficient (Wildman–Crippen LogP) is 5.65. The Morgan fingerprint density at radius 2 is 1.78 bits per heavy atom. The number of benzene rings is 1. The van der Waals surface area contributed by atoms with Crippen LogP contribution in [0, 0.1) is 5.41 Å². The molecule has 2 aromatic rings. The van der Waals surface area contributed by atoms with E-state index in [1.807, 2.05) is 29.2 Å². The maximum absolute atomic E-state index is 13.5. The van der Waals surface area contributed by atoms with Crippen LogP contribution in [0.1, 0.15) is 67.4 Å². The van der Waals surface area contributed by atoms with Crippen LogP contribution in [-0.4, -0.2) is 41.8 Å². The molecule has 0 saturated carbocycles. The largest absolute Gasteiger partial charge is 0.383 e. The van der Waals surface area contributed by atoms with Gasteiger partial charge >= 0.3 is 0 Å². The van der Waals surface area contributed by atoms with Gasteiger partial charge in [0.05, 0.1) is 10.6 Å². The number of carbonyl (C=O) groups is 1. The first kappa shape index (κ1) is 23.3. The maximum Gasteiger partial charge on any atom is 0.245 e. The van der Waals surface area contributed by atoms with Crippen LogP contribution in [-0.2, 0) is 4.79 Å². The molecule has 2 aliphatic heterocycles. The van der Waals surface area contributed by atoms with Crippen molar-refractivity contribution in [2.45, 2.75) is 74.6 Å². The fraction of sp³-hybridized carbons (Fsp3) is 0.520. The summed E-state index contributed by atoms with van der Waals surface area (Å²) < 4.78 is 0. The van der Waals surface area contributed by atoms with Gasteiger partial charge in [0.25, 0.3) is 0 Å². The molecule has 3 heterocycles. The first-order chi connectivity index (χ1) is 15.5. The fourth-order valence-electron chi connectivity index (χ4n) is 4.92. The van der Waals surface area contributed by atoms with Crippen LogP contribution in [0.25, 0.3) is 0 Å². The van der Waals surface area contributed by atoms with E-state index in [1.54, 1.807) is 11.8 Å². The van der Waals surface area contributed by atoms with Crippen LogP contribution in [0.15, 0.2) is 41.3 Å². The second-order valence-electron chi connectivity index (χ2n) is 9.00. The smallest absolute Gasteiger partial charge is 0.245 e. The van der Waals surface area contributed by atoms with Gasteiger partial charge in [0, 0.05) is 28.4 Å². The lowest BCUT2D eigenvalue weighted by Crippen LogP contribution is -2.44. The van der Waals surface area contributed by atoms with Gasteiger partial charge in [-0.1, -0.05) is 25.0 Å². The first-order valence-electron chi connectivity index (χ1n) is 11.7. The van der Waals surface area contributed by atoms with Gasteiger partial charge in [-0.2, -0.15) is 0 Å². The van der Waals surface area contributed by atoms with Crippen molar-refractivity contribution in [1.29, 1.82) is 5.41 Å². The number of amides is 1. The van der Waals surface area contributed by atoms with Crippen molar-refractivity contribution in [2.24, 2.45) is 5.73 Å². The zero-order valence-electron chi connectivity index (χ0n) is 19.0. The molecule has 5 nitrogen and oxygen atoms in total. The van der Waals surface area contributed by atoms with Crippen LogP contribution in [0.2, 0.25) is 0 Å². The Labute approximate surface area is 199 Å². The molecule has 3 atom stereocenters. The lowest BCUT2D eigenvalue weighted by Gasteiger charge is -2.39. The molecule has 2 aliphatic rings. The van der Waals surface area contributed by atoms with Crippen LogP contribution in [0.5, 0.6) is 0 Å². The highest BCUT2D eigenvalue weighted by Gasteiger charge is 2.35. The number of nitrogens with two attached hydrogens (primary N) is 1. The van der Waals surface area contributed by atoms with Gasteiger partial charge < -0.3 is 10.6 Å². The Morgan fingerprint density at radius 3 is 2.50 bits per heavy atom. The number of thiophene rings is 1. The molecule has 1 fully saturated rings. The van der Waals surface area contributed by atoms with Crippen LogP contribution in [0.4, 0.5) is 5.69 Å². The summed E-state index contributed by atoms with van der Waals surface area (Å²) >= 11 is 3.06. The lowest BCUT2D eigenvalue weighted by molar-refractivity contribution is -0.118. The van der Waals surface area contributed by atoms with E-state index < -0.39 is 0 Å². The standard InChI is InChI=1S/C25H34N4OS2/c1-17-9-8-10-18(2)28(17)15-6-3-7-16-29-19-11-4-5-12-20(19)32-23(25(29)30)21-13-14-22(31-21)24(26)27/h4-5,11-14,17-18,23H,3,6-10,15-16H2,1-2H3,(H3,26,27)/t17-,18+,23?. The van der Waals surface area contributed by atoms with Gasteiger partial charge in [0.1, 0.15) is 11.1 Å². The monoisotopic (exact) mass is 470 g/mol. The van der Waals surface area contributed by atoms with Crippen LogP contribution >= 0.6 is 23.1 Å². The number of anilines is 1. The van der Waals surface area contributed by atoms with Crippen molar-refractivity contribution in [1.82, 2.24) is 4.90 Å². The quantitative estimate of drug-likeness (QED) is 0.297. The third-order valence-corrected chi connectivity index (χ3v) is 9.34. The average Bonchev–Trinajstić information content (AvgIpc) is 3.27. The van der Waals surface area contributed by atoms with Crippen molar-refractivity contribution in [2.75, 3.05) is 18.0 Å². The molecule has 172 valence electrons. The number of likely N-dealkylation sites (tertiary alicyclic amines) is 1. The lowest BCUT2D eigenvalue weighted by atomic mass is 9.97. The van der Waals surface area contributed by atoms with Crippen molar-refractivity contribution < 1.29 is 4.79 Å². The number of nitrogens with one attached hydrogen (secondary N) is 1. The number of carbonyl (C=O) groups excluding carboxylic acids is 1. The van der Waals surface area contributed by atoms with Gasteiger partial charge in [-0.05, 0) is 70.3 Å². The molecule has 32 heavy (non-hydrogen) atoms. The number of thioether (sulfide) groups is 1. The molecule has 1 saturated heterocycles. The van der Waals surface area contributed by atoms with Gasteiger partial charge in [-0.25, -0.2) is 0 Å². The zero-order valence-corrected chi connectivity index (χ0v) is 20.7. The minimum atomic E-state index is -0.266. The molecule has 1 amide bonds. The molecule has 0 spiro atoms. The van der Waals surface area contributed by atoms with Crippen molar-refractivity contribution in [3.8, 4) is 0 Å². The summed E-state index contributed by atoms with van der Waals surface area (Å²) in [6, 6.07) is 13.4. The topological polar surface area (TPSA) is 73.4 Å².